The van der Waals surface area contributed by atoms with E-state index >= 15 is 0 Å². The monoisotopic (exact) mass is 271 g/mol. The third-order valence-electron chi connectivity index (χ3n) is 3.25. The fraction of sp³-hybridized carbons (Fsp3) is 0.333. The average molecular weight is 271 g/mol. The van der Waals surface area contributed by atoms with Crippen molar-refractivity contribution >= 4 is 5.57 Å². The number of rotatable bonds is 4. The van der Waals surface area contributed by atoms with Crippen molar-refractivity contribution in [2.24, 2.45) is 0 Å². The summed E-state index contributed by atoms with van der Waals surface area (Å²) in [6, 6.07) is 8.23. The van der Waals surface area contributed by atoms with Crippen molar-refractivity contribution in [2.45, 2.75) is 13.0 Å². The number of ether oxygens (including phenoxy) is 1. The van der Waals surface area contributed by atoms with Crippen molar-refractivity contribution < 1.29 is 9.26 Å². The Morgan fingerprint density at radius 3 is 3.00 bits per heavy atom. The summed E-state index contributed by atoms with van der Waals surface area (Å²) in [5, 5.41) is 7.01. The molecular weight excluding hydrogens is 254 g/mol. The zero-order chi connectivity index (χ0) is 13.8. The van der Waals surface area contributed by atoms with E-state index in [0.717, 1.165) is 18.6 Å². The standard InChI is InChI=1S/C15H17N3O2/c1-16-10-14-17-15(18-20-14)13-4-2-3-12(9-13)11-5-7-19-8-6-11/h2-5,9,16H,6-8,10H2,1H3. The first-order valence-electron chi connectivity index (χ1n) is 6.71. The summed E-state index contributed by atoms with van der Waals surface area (Å²) in [5.74, 6) is 1.22. The van der Waals surface area contributed by atoms with Crippen LogP contribution < -0.4 is 5.32 Å². The Bertz CT molecular complexity index is 619. The van der Waals surface area contributed by atoms with Gasteiger partial charge < -0.3 is 14.6 Å². The molecule has 2 aromatic rings. The van der Waals surface area contributed by atoms with Crippen LogP contribution in [0.15, 0.2) is 34.9 Å². The van der Waals surface area contributed by atoms with Crippen LogP contribution in [-0.2, 0) is 11.3 Å². The van der Waals surface area contributed by atoms with E-state index in [2.05, 4.69) is 33.7 Å². The molecule has 0 unspecified atom stereocenters. The first-order chi connectivity index (χ1) is 9.86. The van der Waals surface area contributed by atoms with Gasteiger partial charge in [0.15, 0.2) is 0 Å². The molecule has 0 aliphatic carbocycles. The highest BCUT2D eigenvalue weighted by molar-refractivity contribution is 5.70. The van der Waals surface area contributed by atoms with Gasteiger partial charge in [-0.15, -0.1) is 0 Å². The van der Waals surface area contributed by atoms with Gasteiger partial charge in [0.25, 0.3) is 0 Å². The molecule has 5 nitrogen and oxygen atoms in total. The molecule has 0 atom stereocenters. The minimum atomic E-state index is 0.579. The summed E-state index contributed by atoms with van der Waals surface area (Å²) in [6.45, 7) is 2.05. The summed E-state index contributed by atoms with van der Waals surface area (Å²) in [5.41, 5.74) is 3.49. The second-order valence-corrected chi connectivity index (χ2v) is 4.68. The second-order valence-electron chi connectivity index (χ2n) is 4.68. The van der Waals surface area contributed by atoms with Crippen LogP contribution in [0.3, 0.4) is 0 Å². The molecule has 0 saturated carbocycles. The van der Waals surface area contributed by atoms with Gasteiger partial charge in [0.2, 0.25) is 11.7 Å². The Morgan fingerprint density at radius 1 is 1.30 bits per heavy atom. The van der Waals surface area contributed by atoms with Crippen LogP contribution in [0.25, 0.3) is 17.0 Å². The minimum absolute atomic E-state index is 0.579. The fourth-order valence-electron chi connectivity index (χ4n) is 2.24. The molecule has 1 aromatic heterocycles. The molecule has 0 radical (unpaired) electrons. The van der Waals surface area contributed by atoms with E-state index in [1.807, 2.05) is 19.2 Å². The van der Waals surface area contributed by atoms with E-state index in [1.54, 1.807) is 0 Å². The molecule has 1 aliphatic heterocycles. The quantitative estimate of drug-likeness (QED) is 0.924. The maximum atomic E-state index is 5.34. The SMILES string of the molecule is CNCc1nc(-c2cccc(C3=CCOCC3)c2)no1. The molecule has 20 heavy (non-hydrogen) atoms. The van der Waals surface area contributed by atoms with Crippen LogP contribution in [-0.4, -0.2) is 30.4 Å². The van der Waals surface area contributed by atoms with Crippen molar-refractivity contribution in [1.29, 1.82) is 0 Å². The van der Waals surface area contributed by atoms with E-state index in [1.165, 1.54) is 11.1 Å². The topological polar surface area (TPSA) is 60.2 Å². The Labute approximate surface area is 117 Å². The number of nitrogens with zero attached hydrogens (tertiary/aromatic N) is 2. The molecule has 1 aromatic carbocycles. The highest BCUT2D eigenvalue weighted by atomic mass is 16.5. The van der Waals surface area contributed by atoms with Crippen molar-refractivity contribution in [1.82, 2.24) is 15.5 Å². The Morgan fingerprint density at radius 2 is 2.20 bits per heavy atom. The van der Waals surface area contributed by atoms with Crippen LogP contribution in [0.1, 0.15) is 17.9 Å². The highest BCUT2D eigenvalue weighted by Crippen LogP contribution is 2.25. The molecule has 0 saturated heterocycles. The van der Waals surface area contributed by atoms with Gasteiger partial charge in [0, 0.05) is 5.56 Å². The Hall–Kier alpha value is -1.98. The Kier molecular flexibility index (Phi) is 3.90. The summed E-state index contributed by atoms with van der Waals surface area (Å²) < 4.78 is 10.5. The molecule has 0 fully saturated rings. The number of hydrogen-bond acceptors (Lipinski definition) is 5. The maximum Gasteiger partial charge on any atom is 0.240 e. The zero-order valence-electron chi connectivity index (χ0n) is 11.4. The van der Waals surface area contributed by atoms with Crippen LogP contribution in [0.5, 0.6) is 0 Å². The molecule has 0 amide bonds. The van der Waals surface area contributed by atoms with E-state index in [-0.39, 0.29) is 0 Å². The maximum absolute atomic E-state index is 5.34. The first-order valence-corrected chi connectivity index (χ1v) is 6.71. The van der Waals surface area contributed by atoms with E-state index in [4.69, 9.17) is 9.26 Å². The largest absolute Gasteiger partial charge is 0.377 e. The number of nitrogens with one attached hydrogen (secondary N) is 1. The van der Waals surface area contributed by atoms with E-state index in [9.17, 15) is 0 Å². The van der Waals surface area contributed by atoms with Gasteiger partial charge in [-0.2, -0.15) is 4.98 Å². The molecule has 3 rings (SSSR count). The predicted octanol–water partition coefficient (Wildman–Crippen LogP) is 2.26. The fourth-order valence-corrected chi connectivity index (χ4v) is 2.24. The van der Waals surface area contributed by atoms with Crippen molar-refractivity contribution in [3.05, 3.63) is 41.8 Å². The molecule has 1 aliphatic rings. The van der Waals surface area contributed by atoms with Crippen LogP contribution in [0.2, 0.25) is 0 Å². The lowest BCUT2D eigenvalue weighted by Gasteiger charge is -2.14. The number of aromatic nitrogens is 2. The zero-order valence-corrected chi connectivity index (χ0v) is 11.4. The van der Waals surface area contributed by atoms with Crippen molar-refractivity contribution in [3.8, 4) is 11.4 Å². The van der Waals surface area contributed by atoms with Gasteiger partial charge in [-0.3, -0.25) is 0 Å². The minimum Gasteiger partial charge on any atom is -0.377 e. The summed E-state index contributed by atoms with van der Waals surface area (Å²) in [7, 11) is 1.85. The highest BCUT2D eigenvalue weighted by Gasteiger charge is 2.11. The lowest BCUT2D eigenvalue weighted by Crippen LogP contribution is -2.05. The first kappa shape index (κ1) is 13.0. The van der Waals surface area contributed by atoms with Gasteiger partial charge in [0.1, 0.15) is 0 Å². The molecular formula is C15H17N3O2. The normalized spacial score (nSPS) is 15.2. The van der Waals surface area contributed by atoms with Crippen LogP contribution in [0.4, 0.5) is 0 Å². The molecule has 0 spiro atoms. The van der Waals surface area contributed by atoms with Gasteiger partial charge in [-0.05, 0) is 30.7 Å². The van der Waals surface area contributed by atoms with Gasteiger partial charge in [0.05, 0.1) is 19.8 Å². The molecule has 1 N–H and O–H groups in total. The van der Waals surface area contributed by atoms with Gasteiger partial charge in [-0.1, -0.05) is 29.4 Å². The lowest BCUT2D eigenvalue weighted by atomic mass is 9.99. The van der Waals surface area contributed by atoms with Crippen molar-refractivity contribution in [2.75, 3.05) is 20.3 Å². The summed E-state index contributed by atoms with van der Waals surface area (Å²) >= 11 is 0. The molecule has 0 bridgehead atoms. The van der Waals surface area contributed by atoms with Crippen LogP contribution >= 0.6 is 0 Å². The number of hydrogen-bond donors (Lipinski definition) is 1. The van der Waals surface area contributed by atoms with Crippen LogP contribution in [0, 0.1) is 0 Å². The number of benzene rings is 1. The van der Waals surface area contributed by atoms with Crippen molar-refractivity contribution in [3.63, 3.8) is 0 Å². The molecule has 2 heterocycles. The van der Waals surface area contributed by atoms with Gasteiger partial charge >= 0.3 is 0 Å². The predicted molar refractivity (Wildman–Crippen MR) is 75.9 cm³/mol. The lowest BCUT2D eigenvalue weighted by molar-refractivity contribution is 0.161. The third-order valence-corrected chi connectivity index (χ3v) is 3.25. The summed E-state index contributed by atoms with van der Waals surface area (Å²) in [4.78, 5) is 4.37. The van der Waals surface area contributed by atoms with E-state index in [0.29, 0.717) is 24.9 Å². The summed E-state index contributed by atoms with van der Waals surface area (Å²) in [6.07, 6.45) is 3.08. The smallest absolute Gasteiger partial charge is 0.240 e. The average Bonchev–Trinajstić information content (AvgIpc) is 2.97. The van der Waals surface area contributed by atoms with E-state index < -0.39 is 0 Å². The third kappa shape index (κ3) is 2.79. The molecule has 104 valence electrons. The Balaban J connectivity index is 1.88. The second kappa shape index (κ2) is 5.98. The molecule has 5 heteroatoms. The van der Waals surface area contributed by atoms with Gasteiger partial charge in [-0.25, -0.2) is 0 Å².